The molecule has 37 heavy (non-hydrogen) atoms. The third-order valence-electron chi connectivity index (χ3n) is 5.74. The summed E-state index contributed by atoms with van der Waals surface area (Å²) in [7, 11) is 0. The molecule has 0 fully saturated rings. The maximum absolute atomic E-state index is 13.1. The molecule has 8 N–H and O–H groups in total. The Morgan fingerprint density at radius 1 is 0.757 bits per heavy atom. The van der Waals surface area contributed by atoms with Crippen LogP contribution in [0.15, 0.2) is 54.6 Å². The largest absolute Gasteiger partial charge is 0.508 e. The van der Waals surface area contributed by atoms with Crippen LogP contribution in [0.2, 0.25) is 0 Å². The highest BCUT2D eigenvalue weighted by molar-refractivity contribution is 5.94. The molecule has 0 saturated heterocycles. The van der Waals surface area contributed by atoms with Crippen molar-refractivity contribution in [3.63, 3.8) is 0 Å². The zero-order chi connectivity index (χ0) is 27.5. The number of carbonyl (C=O) groups excluding carboxylic acids is 3. The summed E-state index contributed by atoms with van der Waals surface area (Å²) in [6.07, 6.45) is 0.00876. The summed E-state index contributed by atoms with van der Waals surface area (Å²) >= 11 is 0. The van der Waals surface area contributed by atoms with Gasteiger partial charge in [-0.05, 0) is 29.2 Å². The number of benzene rings is 2. The van der Waals surface area contributed by atoms with Crippen LogP contribution in [0.5, 0.6) is 5.75 Å². The third kappa shape index (κ3) is 9.21. The van der Waals surface area contributed by atoms with Gasteiger partial charge in [0.05, 0.1) is 12.6 Å². The van der Waals surface area contributed by atoms with Crippen molar-refractivity contribution >= 4 is 23.7 Å². The predicted octanol–water partition coefficient (Wildman–Crippen LogP) is -0.308. The minimum Gasteiger partial charge on any atom is -0.508 e. The molecular weight excluding hydrogens is 480 g/mol. The van der Waals surface area contributed by atoms with Crippen LogP contribution in [0.1, 0.15) is 25.0 Å². The lowest BCUT2D eigenvalue weighted by Gasteiger charge is -2.25. The number of nitrogens with one attached hydrogen (secondary N) is 3. The van der Waals surface area contributed by atoms with Gasteiger partial charge in [-0.1, -0.05) is 56.3 Å². The zero-order valence-corrected chi connectivity index (χ0v) is 20.8. The molecule has 0 aromatic heterocycles. The second-order valence-electron chi connectivity index (χ2n) is 9.03. The highest BCUT2D eigenvalue weighted by Crippen LogP contribution is 2.12. The Labute approximate surface area is 215 Å². The van der Waals surface area contributed by atoms with Crippen molar-refractivity contribution in [2.75, 3.05) is 6.61 Å². The topological polar surface area (TPSA) is 191 Å². The van der Waals surface area contributed by atoms with E-state index in [1.807, 2.05) is 0 Å². The van der Waals surface area contributed by atoms with Crippen LogP contribution < -0.4 is 21.7 Å². The normalized spacial score (nSPS) is 14.2. The first-order valence-corrected chi connectivity index (χ1v) is 11.8. The van der Waals surface area contributed by atoms with Gasteiger partial charge in [0.1, 0.15) is 23.9 Å². The lowest BCUT2D eigenvalue weighted by atomic mass is 10.0. The van der Waals surface area contributed by atoms with E-state index < -0.39 is 54.5 Å². The van der Waals surface area contributed by atoms with Crippen molar-refractivity contribution in [2.45, 2.75) is 50.9 Å². The molecule has 0 spiro atoms. The molecule has 11 nitrogen and oxygen atoms in total. The summed E-state index contributed by atoms with van der Waals surface area (Å²) in [5.74, 6) is -3.70. The van der Waals surface area contributed by atoms with E-state index >= 15 is 0 Å². The van der Waals surface area contributed by atoms with E-state index in [4.69, 9.17) is 5.73 Å². The number of phenolic OH excluding ortho intramolecular Hbond substituents is 1. The molecule has 4 atom stereocenters. The van der Waals surface area contributed by atoms with E-state index in [-0.39, 0.29) is 24.5 Å². The highest BCUT2D eigenvalue weighted by atomic mass is 16.4. The van der Waals surface area contributed by atoms with Crippen molar-refractivity contribution in [3.8, 4) is 5.75 Å². The lowest BCUT2D eigenvalue weighted by Crippen LogP contribution is -2.59. The number of phenols is 1. The number of aliphatic carboxylic acids is 1. The Morgan fingerprint density at radius 2 is 1.24 bits per heavy atom. The first-order chi connectivity index (χ1) is 17.5. The van der Waals surface area contributed by atoms with Gasteiger partial charge in [0.2, 0.25) is 17.7 Å². The van der Waals surface area contributed by atoms with Gasteiger partial charge in [-0.25, -0.2) is 4.79 Å². The Balaban J connectivity index is 2.15. The summed E-state index contributed by atoms with van der Waals surface area (Å²) < 4.78 is 0. The molecule has 200 valence electrons. The van der Waals surface area contributed by atoms with Gasteiger partial charge < -0.3 is 37.0 Å². The number of carboxylic acid groups (broad SMARTS) is 1. The monoisotopic (exact) mass is 514 g/mol. The Hall–Kier alpha value is -3.96. The summed E-state index contributed by atoms with van der Waals surface area (Å²) in [6, 6.07) is 9.85. The molecule has 0 saturated carbocycles. The summed E-state index contributed by atoms with van der Waals surface area (Å²) in [5, 5.41) is 36.1. The first kappa shape index (κ1) is 29.3. The van der Waals surface area contributed by atoms with Crippen molar-refractivity contribution in [1.29, 1.82) is 0 Å². The SMILES string of the molecule is CC(C)C(N)C(=O)NC(Cc1ccc(O)cc1)C(=O)NC(CO)C(=O)NC(Cc1ccccc1)C(=O)O. The van der Waals surface area contributed by atoms with E-state index in [9.17, 15) is 34.5 Å². The number of hydrogen-bond acceptors (Lipinski definition) is 7. The Morgan fingerprint density at radius 3 is 1.78 bits per heavy atom. The van der Waals surface area contributed by atoms with Crippen LogP contribution in [0.4, 0.5) is 0 Å². The average Bonchev–Trinajstić information content (AvgIpc) is 2.87. The van der Waals surface area contributed by atoms with E-state index in [2.05, 4.69) is 16.0 Å². The average molecular weight is 515 g/mol. The molecule has 2 aromatic rings. The number of carboxylic acids is 1. The molecule has 2 aromatic carbocycles. The molecule has 11 heteroatoms. The number of carbonyl (C=O) groups is 4. The van der Waals surface area contributed by atoms with Gasteiger partial charge in [0.15, 0.2) is 0 Å². The van der Waals surface area contributed by atoms with Gasteiger partial charge in [-0.3, -0.25) is 14.4 Å². The molecule has 0 heterocycles. The van der Waals surface area contributed by atoms with E-state index in [1.54, 1.807) is 56.3 Å². The molecule has 2 rings (SSSR count). The summed E-state index contributed by atoms with van der Waals surface area (Å²) in [4.78, 5) is 50.2. The molecule has 0 aliphatic rings. The van der Waals surface area contributed by atoms with E-state index in [1.165, 1.54) is 12.1 Å². The van der Waals surface area contributed by atoms with Crippen molar-refractivity contribution in [1.82, 2.24) is 16.0 Å². The highest BCUT2D eigenvalue weighted by Gasteiger charge is 2.30. The standard InChI is InChI=1S/C26H34N4O7/c1-15(2)22(27)25(35)28-19(12-17-8-10-18(32)11-9-17)23(33)30-21(14-31)24(34)29-20(26(36)37)13-16-6-4-3-5-7-16/h3-11,15,19-22,31-32H,12-14,27H2,1-2H3,(H,28,35)(H,29,34)(H,30,33)(H,36,37). The minimum absolute atomic E-state index is 0.000629. The molecular formula is C26H34N4O7. The molecule has 0 radical (unpaired) electrons. The minimum atomic E-state index is -1.47. The van der Waals surface area contributed by atoms with E-state index in [0.717, 1.165) is 0 Å². The summed E-state index contributed by atoms with van der Waals surface area (Å²) in [5.41, 5.74) is 7.19. The van der Waals surface area contributed by atoms with E-state index in [0.29, 0.717) is 11.1 Å². The number of amides is 3. The van der Waals surface area contributed by atoms with Crippen molar-refractivity contribution < 1.29 is 34.5 Å². The lowest BCUT2D eigenvalue weighted by molar-refractivity contribution is -0.142. The zero-order valence-electron chi connectivity index (χ0n) is 20.8. The fourth-order valence-corrected chi connectivity index (χ4v) is 3.44. The maximum atomic E-state index is 13.1. The number of aliphatic hydroxyl groups excluding tert-OH is 1. The maximum Gasteiger partial charge on any atom is 0.326 e. The van der Waals surface area contributed by atoms with Crippen LogP contribution in [0.25, 0.3) is 0 Å². The van der Waals surface area contributed by atoms with Gasteiger partial charge in [-0.2, -0.15) is 0 Å². The number of rotatable bonds is 13. The molecule has 0 aliphatic heterocycles. The van der Waals surface area contributed by atoms with Crippen LogP contribution in [-0.2, 0) is 32.0 Å². The quantitative estimate of drug-likeness (QED) is 0.189. The third-order valence-corrected chi connectivity index (χ3v) is 5.74. The van der Waals surface area contributed by atoms with Gasteiger partial charge in [-0.15, -0.1) is 0 Å². The summed E-state index contributed by atoms with van der Waals surface area (Å²) in [6.45, 7) is 2.69. The Kier molecular flexibility index (Phi) is 11.0. The molecule has 0 aliphatic carbocycles. The number of hydrogen-bond donors (Lipinski definition) is 7. The van der Waals surface area contributed by atoms with Crippen molar-refractivity contribution in [2.24, 2.45) is 11.7 Å². The van der Waals surface area contributed by atoms with Crippen LogP contribution in [-0.4, -0.2) is 69.8 Å². The Bertz CT molecular complexity index is 1060. The number of aromatic hydroxyl groups is 1. The second-order valence-corrected chi connectivity index (χ2v) is 9.03. The van der Waals surface area contributed by atoms with Crippen LogP contribution >= 0.6 is 0 Å². The second kappa shape index (κ2) is 14.0. The smallest absolute Gasteiger partial charge is 0.326 e. The number of nitrogens with two attached hydrogens (primary N) is 1. The number of aliphatic hydroxyl groups is 1. The van der Waals surface area contributed by atoms with Gasteiger partial charge in [0.25, 0.3) is 0 Å². The van der Waals surface area contributed by atoms with Crippen LogP contribution in [0, 0.1) is 5.92 Å². The fourth-order valence-electron chi connectivity index (χ4n) is 3.44. The van der Waals surface area contributed by atoms with Crippen molar-refractivity contribution in [3.05, 3.63) is 65.7 Å². The molecule has 0 bridgehead atoms. The fraction of sp³-hybridized carbons (Fsp3) is 0.385. The predicted molar refractivity (Wildman–Crippen MR) is 135 cm³/mol. The van der Waals surface area contributed by atoms with Gasteiger partial charge >= 0.3 is 5.97 Å². The molecule has 4 unspecified atom stereocenters. The van der Waals surface area contributed by atoms with Crippen LogP contribution in [0.3, 0.4) is 0 Å². The molecule has 3 amide bonds. The first-order valence-electron chi connectivity index (χ1n) is 11.8. The van der Waals surface area contributed by atoms with Gasteiger partial charge in [0, 0.05) is 12.8 Å².